The van der Waals surface area contributed by atoms with Crippen molar-refractivity contribution in [1.82, 2.24) is 5.32 Å². The van der Waals surface area contributed by atoms with Gasteiger partial charge in [-0.3, -0.25) is 0 Å². The predicted octanol–water partition coefficient (Wildman–Crippen LogP) is 3.19. The van der Waals surface area contributed by atoms with Crippen LogP contribution in [0.25, 0.3) is 0 Å². The van der Waals surface area contributed by atoms with Crippen molar-refractivity contribution in [2.75, 3.05) is 13.1 Å². The zero-order chi connectivity index (χ0) is 10.2. The number of hydrogen-bond donors (Lipinski definition) is 1. The third kappa shape index (κ3) is 1.83. The number of rotatable bonds is 3. The lowest BCUT2D eigenvalue weighted by Gasteiger charge is -2.46. The lowest BCUT2D eigenvalue weighted by Crippen LogP contribution is -2.57. The largest absolute Gasteiger partial charge is 0.315 e. The molecule has 14 heavy (non-hydrogen) atoms. The average Bonchev–Trinajstić information content (AvgIpc) is 2.43. The minimum Gasteiger partial charge on any atom is -0.315 e. The van der Waals surface area contributed by atoms with Crippen LogP contribution in [-0.2, 0) is 6.42 Å². The molecule has 0 unspecified atom stereocenters. The molecule has 1 aliphatic rings. The van der Waals surface area contributed by atoms with Crippen LogP contribution in [0.5, 0.6) is 0 Å². The molecular formula is C11H16ClNS. The Kier molecular flexibility index (Phi) is 2.87. The van der Waals surface area contributed by atoms with E-state index in [0.717, 1.165) is 23.3 Å². The van der Waals surface area contributed by atoms with E-state index in [1.54, 1.807) is 11.3 Å². The van der Waals surface area contributed by atoms with Crippen molar-refractivity contribution in [3.63, 3.8) is 0 Å². The van der Waals surface area contributed by atoms with E-state index in [1.165, 1.54) is 12.0 Å². The van der Waals surface area contributed by atoms with Gasteiger partial charge in [-0.15, -0.1) is 11.3 Å². The maximum Gasteiger partial charge on any atom is 0.0931 e. The second-order valence-corrected chi connectivity index (χ2v) is 6.10. The summed E-state index contributed by atoms with van der Waals surface area (Å²) in [6.45, 7) is 6.93. The number of hydrogen-bond acceptors (Lipinski definition) is 2. The Morgan fingerprint density at radius 3 is 2.64 bits per heavy atom. The molecule has 0 aliphatic carbocycles. The molecule has 1 saturated heterocycles. The first-order chi connectivity index (χ1) is 6.62. The standard InChI is InChI=1S/C11H16ClNS/c1-8(2)11(6-13-7-11)4-9-3-10(12)14-5-9/h3,5,8,13H,4,6-7H2,1-2H3. The molecule has 1 fully saturated rings. The molecule has 1 aromatic heterocycles. The van der Waals surface area contributed by atoms with E-state index in [4.69, 9.17) is 11.6 Å². The van der Waals surface area contributed by atoms with Gasteiger partial charge in [0.05, 0.1) is 4.34 Å². The highest BCUT2D eigenvalue weighted by atomic mass is 35.5. The fourth-order valence-corrected chi connectivity index (χ4v) is 2.94. The van der Waals surface area contributed by atoms with Crippen LogP contribution in [0.2, 0.25) is 4.34 Å². The Balaban J connectivity index is 2.08. The van der Waals surface area contributed by atoms with Gasteiger partial charge in [-0.1, -0.05) is 25.4 Å². The van der Waals surface area contributed by atoms with Gasteiger partial charge in [-0.25, -0.2) is 0 Å². The Labute approximate surface area is 94.5 Å². The number of halogens is 1. The van der Waals surface area contributed by atoms with Crippen LogP contribution < -0.4 is 5.32 Å². The lowest BCUT2D eigenvalue weighted by atomic mass is 9.69. The third-order valence-electron chi connectivity index (χ3n) is 3.36. The van der Waals surface area contributed by atoms with Crippen molar-refractivity contribution >= 4 is 22.9 Å². The summed E-state index contributed by atoms with van der Waals surface area (Å²) in [5.41, 5.74) is 1.87. The monoisotopic (exact) mass is 229 g/mol. The van der Waals surface area contributed by atoms with Crippen LogP contribution in [0, 0.1) is 11.3 Å². The Hall–Kier alpha value is -0.0500. The number of thiophene rings is 1. The highest BCUT2D eigenvalue weighted by Crippen LogP contribution is 2.37. The van der Waals surface area contributed by atoms with E-state index in [2.05, 4.69) is 30.6 Å². The molecule has 1 N–H and O–H groups in total. The van der Waals surface area contributed by atoms with Crippen molar-refractivity contribution < 1.29 is 0 Å². The number of nitrogens with one attached hydrogen (secondary N) is 1. The van der Waals surface area contributed by atoms with Gasteiger partial charge < -0.3 is 5.32 Å². The molecule has 0 aromatic carbocycles. The highest BCUT2D eigenvalue weighted by Gasteiger charge is 2.39. The molecular weight excluding hydrogens is 214 g/mol. The first-order valence-corrected chi connectivity index (χ1v) is 6.32. The summed E-state index contributed by atoms with van der Waals surface area (Å²) in [6, 6.07) is 2.11. The smallest absolute Gasteiger partial charge is 0.0931 e. The van der Waals surface area contributed by atoms with E-state index in [-0.39, 0.29) is 0 Å². The van der Waals surface area contributed by atoms with E-state index < -0.39 is 0 Å². The fourth-order valence-electron chi connectivity index (χ4n) is 2.03. The van der Waals surface area contributed by atoms with Gasteiger partial charge >= 0.3 is 0 Å². The quantitative estimate of drug-likeness (QED) is 0.840. The minimum atomic E-state index is 0.477. The Morgan fingerprint density at radius 1 is 1.57 bits per heavy atom. The summed E-state index contributed by atoms with van der Waals surface area (Å²) in [5.74, 6) is 0.738. The van der Waals surface area contributed by atoms with E-state index >= 15 is 0 Å². The fraction of sp³-hybridized carbons (Fsp3) is 0.636. The molecule has 78 valence electrons. The molecule has 1 aliphatic heterocycles. The second kappa shape index (κ2) is 3.84. The molecule has 2 rings (SSSR count). The molecule has 1 aromatic rings. The Bertz CT molecular complexity index is 315. The highest BCUT2D eigenvalue weighted by molar-refractivity contribution is 7.14. The maximum atomic E-state index is 5.93. The second-order valence-electron chi connectivity index (χ2n) is 4.56. The van der Waals surface area contributed by atoms with Crippen molar-refractivity contribution in [3.8, 4) is 0 Å². The predicted molar refractivity (Wildman–Crippen MR) is 63.2 cm³/mol. The van der Waals surface area contributed by atoms with Crippen molar-refractivity contribution in [2.45, 2.75) is 20.3 Å². The minimum absolute atomic E-state index is 0.477. The first-order valence-electron chi connectivity index (χ1n) is 5.06. The summed E-state index contributed by atoms with van der Waals surface area (Å²) in [5, 5.41) is 5.57. The summed E-state index contributed by atoms with van der Waals surface area (Å²) < 4.78 is 0.909. The summed E-state index contributed by atoms with van der Waals surface area (Å²) in [7, 11) is 0. The van der Waals surface area contributed by atoms with Gasteiger partial charge in [0, 0.05) is 18.5 Å². The molecule has 3 heteroatoms. The van der Waals surface area contributed by atoms with E-state index in [0.29, 0.717) is 5.41 Å². The first kappa shape index (κ1) is 10.5. The molecule has 0 spiro atoms. The van der Waals surface area contributed by atoms with Crippen molar-refractivity contribution in [1.29, 1.82) is 0 Å². The zero-order valence-corrected chi connectivity index (χ0v) is 10.2. The molecule has 0 atom stereocenters. The Morgan fingerprint density at radius 2 is 2.29 bits per heavy atom. The van der Waals surface area contributed by atoms with Gasteiger partial charge in [0.15, 0.2) is 0 Å². The molecule has 2 heterocycles. The van der Waals surface area contributed by atoms with E-state index in [9.17, 15) is 0 Å². The summed E-state index contributed by atoms with van der Waals surface area (Å²) in [4.78, 5) is 0. The van der Waals surface area contributed by atoms with Crippen molar-refractivity contribution in [3.05, 3.63) is 21.3 Å². The third-order valence-corrected chi connectivity index (χ3v) is 4.50. The normalized spacial score (nSPS) is 19.7. The van der Waals surface area contributed by atoms with Crippen LogP contribution >= 0.6 is 22.9 Å². The van der Waals surface area contributed by atoms with Gasteiger partial charge in [-0.2, -0.15) is 0 Å². The molecule has 1 nitrogen and oxygen atoms in total. The SMILES string of the molecule is CC(C)C1(Cc2csc(Cl)c2)CNC1. The van der Waals surface area contributed by atoms with Crippen molar-refractivity contribution in [2.24, 2.45) is 11.3 Å². The average molecular weight is 230 g/mol. The van der Waals surface area contributed by atoms with Gasteiger partial charge in [-0.05, 0) is 29.3 Å². The van der Waals surface area contributed by atoms with Crippen LogP contribution in [-0.4, -0.2) is 13.1 Å². The molecule has 0 amide bonds. The van der Waals surface area contributed by atoms with Crippen LogP contribution in [0.15, 0.2) is 11.4 Å². The van der Waals surface area contributed by atoms with E-state index in [1.807, 2.05) is 0 Å². The molecule has 0 saturated carbocycles. The summed E-state index contributed by atoms with van der Waals surface area (Å²) in [6.07, 6.45) is 1.17. The summed E-state index contributed by atoms with van der Waals surface area (Å²) >= 11 is 7.57. The molecule has 0 bridgehead atoms. The van der Waals surface area contributed by atoms with Crippen LogP contribution in [0.4, 0.5) is 0 Å². The van der Waals surface area contributed by atoms with Gasteiger partial charge in [0.1, 0.15) is 0 Å². The zero-order valence-electron chi connectivity index (χ0n) is 8.64. The maximum absolute atomic E-state index is 5.93. The molecule has 0 radical (unpaired) electrons. The lowest BCUT2D eigenvalue weighted by molar-refractivity contribution is 0.0996. The van der Waals surface area contributed by atoms with Gasteiger partial charge in [0.2, 0.25) is 0 Å². The van der Waals surface area contributed by atoms with Crippen LogP contribution in [0.3, 0.4) is 0 Å². The van der Waals surface area contributed by atoms with Gasteiger partial charge in [0.25, 0.3) is 0 Å². The van der Waals surface area contributed by atoms with Crippen LogP contribution in [0.1, 0.15) is 19.4 Å². The topological polar surface area (TPSA) is 12.0 Å².